The molecule has 1 aliphatic rings. The molecule has 0 fully saturated rings. The molecule has 7 nitrogen and oxygen atoms in total. The van der Waals surface area contributed by atoms with Crippen molar-refractivity contribution < 1.29 is 12.8 Å². The second kappa shape index (κ2) is 9.08. The molecule has 2 heterocycles. The minimum absolute atomic E-state index is 0.0730. The second-order valence-corrected chi connectivity index (χ2v) is 11.5. The molecule has 0 spiro atoms. The van der Waals surface area contributed by atoms with E-state index in [9.17, 15) is 13.2 Å². The fourth-order valence-corrected chi connectivity index (χ4v) is 6.14. The molecule has 176 valence electrons. The lowest BCUT2D eigenvalue weighted by atomic mass is 9.78. The highest BCUT2D eigenvalue weighted by molar-refractivity contribution is 7.88. The van der Waals surface area contributed by atoms with Crippen molar-refractivity contribution in [1.29, 1.82) is 0 Å². The van der Waals surface area contributed by atoms with Gasteiger partial charge >= 0.3 is 0 Å². The number of aryl methyl sites for hydroxylation is 1. The molecule has 2 aromatic heterocycles. The molecular weight excluding hydrogens is 463 g/mol. The summed E-state index contributed by atoms with van der Waals surface area (Å²) in [6.45, 7) is 3.72. The third-order valence-electron chi connectivity index (χ3n) is 5.89. The molecule has 4 rings (SSSR count). The maximum absolute atomic E-state index is 15.3. The highest BCUT2D eigenvalue weighted by Gasteiger charge is 2.41. The van der Waals surface area contributed by atoms with Gasteiger partial charge in [0.05, 0.1) is 17.6 Å². The van der Waals surface area contributed by atoms with Crippen molar-refractivity contribution in [2.75, 3.05) is 6.26 Å². The molecule has 0 saturated heterocycles. The van der Waals surface area contributed by atoms with Crippen LogP contribution in [0.2, 0.25) is 0 Å². The Kier molecular flexibility index (Phi) is 6.52. The van der Waals surface area contributed by atoms with E-state index in [1.54, 1.807) is 7.05 Å². The van der Waals surface area contributed by atoms with Gasteiger partial charge in [0.2, 0.25) is 15.5 Å². The molecule has 1 N–H and O–H groups in total. The Morgan fingerprint density at radius 2 is 1.97 bits per heavy atom. The summed E-state index contributed by atoms with van der Waals surface area (Å²) in [4.78, 5) is 18.2. The molecule has 10 heteroatoms. The Hall–Kier alpha value is -2.43. The van der Waals surface area contributed by atoms with Crippen LogP contribution in [0, 0.1) is 0 Å². The third-order valence-corrected chi connectivity index (χ3v) is 7.56. The van der Waals surface area contributed by atoms with Gasteiger partial charge in [-0.1, -0.05) is 44.2 Å². The van der Waals surface area contributed by atoms with Gasteiger partial charge in [-0.2, -0.15) is 5.10 Å². The summed E-state index contributed by atoms with van der Waals surface area (Å²) < 4.78 is 43.5. The number of alkyl halides is 1. The van der Waals surface area contributed by atoms with Gasteiger partial charge in [-0.05, 0) is 6.42 Å². The first-order valence-corrected chi connectivity index (χ1v) is 13.5. The first kappa shape index (κ1) is 23.7. The Morgan fingerprint density at radius 3 is 2.61 bits per heavy atom. The van der Waals surface area contributed by atoms with E-state index in [0.717, 1.165) is 22.5 Å². The van der Waals surface area contributed by atoms with Crippen LogP contribution in [-0.2, 0) is 23.5 Å². The fraction of sp³-hybridized carbons (Fsp3) is 0.435. The zero-order chi connectivity index (χ0) is 23.9. The molecular formula is C23H27FN4O3S2. The summed E-state index contributed by atoms with van der Waals surface area (Å²) >= 11 is 1.48. The quantitative estimate of drug-likeness (QED) is 0.569. The van der Waals surface area contributed by atoms with Crippen LogP contribution in [0.5, 0.6) is 0 Å². The lowest BCUT2D eigenvalue weighted by Crippen LogP contribution is -2.46. The Bertz CT molecular complexity index is 1320. The molecule has 0 aliphatic heterocycles. The van der Waals surface area contributed by atoms with Gasteiger partial charge < -0.3 is 0 Å². The number of nitrogens with zero attached hydrogens (tertiary/aromatic N) is 3. The molecule has 1 aromatic carbocycles. The normalized spacial score (nSPS) is 20.7. The van der Waals surface area contributed by atoms with Gasteiger partial charge in [0.15, 0.2) is 0 Å². The first-order chi connectivity index (χ1) is 15.5. The monoisotopic (exact) mass is 490 g/mol. The largest absolute Gasteiger partial charge is 0.287 e. The van der Waals surface area contributed by atoms with Gasteiger partial charge in [-0.15, -0.1) is 11.3 Å². The number of rotatable bonds is 6. The molecule has 3 atom stereocenters. The van der Waals surface area contributed by atoms with Crippen molar-refractivity contribution in [3.05, 3.63) is 68.6 Å². The number of aromatic nitrogens is 3. The predicted octanol–water partition coefficient (Wildman–Crippen LogP) is 3.69. The topological polar surface area (TPSA) is 93.9 Å². The van der Waals surface area contributed by atoms with E-state index < -0.39 is 28.2 Å². The van der Waals surface area contributed by atoms with Crippen molar-refractivity contribution in [2.45, 2.75) is 50.7 Å². The number of nitrogens with one attached hydrogen (secondary N) is 1. The molecule has 0 radical (unpaired) electrons. The molecule has 33 heavy (non-hydrogen) atoms. The number of benzene rings is 1. The van der Waals surface area contributed by atoms with E-state index in [1.165, 1.54) is 16.0 Å². The maximum atomic E-state index is 15.3. The van der Waals surface area contributed by atoms with Crippen molar-refractivity contribution >= 4 is 21.4 Å². The molecule has 0 bridgehead atoms. The number of thiazole rings is 1. The summed E-state index contributed by atoms with van der Waals surface area (Å²) in [7, 11) is -1.99. The fourth-order valence-electron chi connectivity index (χ4n) is 4.49. The van der Waals surface area contributed by atoms with Crippen LogP contribution in [0.1, 0.15) is 60.9 Å². The molecule has 1 aliphatic carbocycles. The van der Waals surface area contributed by atoms with Gasteiger partial charge in [-0.3, -0.25) is 9.48 Å². The van der Waals surface area contributed by atoms with Gasteiger partial charge in [-0.25, -0.2) is 22.5 Å². The lowest BCUT2D eigenvalue weighted by Gasteiger charge is -2.35. The van der Waals surface area contributed by atoms with E-state index in [-0.39, 0.29) is 23.5 Å². The average Bonchev–Trinajstić information content (AvgIpc) is 3.20. The van der Waals surface area contributed by atoms with Crippen LogP contribution in [0.4, 0.5) is 4.39 Å². The van der Waals surface area contributed by atoms with E-state index in [2.05, 4.69) is 9.82 Å². The average molecular weight is 491 g/mol. The van der Waals surface area contributed by atoms with Gasteiger partial charge in [0, 0.05) is 47.9 Å². The molecule has 3 unspecified atom stereocenters. The smallest absolute Gasteiger partial charge is 0.208 e. The molecule has 3 aromatic rings. The SMILES string of the molecule is CC(C)c1nn(C)c2c(c1=O)C(Cc1csc(-c3ccccc3)n1)C(NS(C)(=O)=O)CC2F. The van der Waals surface area contributed by atoms with Crippen molar-refractivity contribution in [3.8, 4) is 10.6 Å². The predicted molar refractivity (Wildman–Crippen MR) is 128 cm³/mol. The number of hydrogen-bond acceptors (Lipinski definition) is 6. The lowest BCUT2D eigenvalue weighted by molar-refractivity contribution is 0.235. The minimum atomic E-state index is -3.62. The van der Waals surface area contributed by atoms with Crippen molar-refractivity contribution in [2.24, 2.45) is 7.05 Å². The van der Waals surface area contributed by atoms with E-state index >= 15 is 4.39 Å². The summed E-state index contributed by atoms with van der Waals surface area (Å²) in [5.74, 6) is -0.716. The van der Waals surface area contributed by atoms with Crippen molar-refractivity contribution in [3.63, 3.8) is 0 Å². The van der Waals surface area contributed by atoms with Crippen LogP contribution < -0.4 is 10.2 Å². The maximum Gasteiger partial charge on any atom is 0.208 e. The summed E-state index contributed by atoms with van der Waals surface area (Å²) in [6, 6.07) is 8.98. The van der Waals surface area contributed by atoms with E-state index in [1.807, 2.05) is 49.6 Å². The van der Waals surface area contributed by atoms with Gasteiger partial charge in [0.1, 0.15) is 16.9 Å². The van der Waals surface area contributed by atoms with Crippen LogP contribution >= 0.6 is 11.3 Å². The zero-order valence-corrected chi connectivity index (χ0v) is 20.6. The van der Waals surface area contributed by atoms with Gasteiger partial charge in [0.25, 0.3) is 0 Å². The summed E-state index contributed by atoms with van der Waals surface area (Å²) in [6.07, 6.45) is -0.214. The van der Waals surface area contributed by atoms with Crippen LogP contribution in [0.3, 0.4) is 0 Å². The third kappa shape index (κ3) is 4.92. The zero-order valence-electron chi connectivity index (χ0n) is 18.9. The molecule has 0 saturated carbocycles. The van der Waals surface area contributed by atoms with Crippen LogP contribution in [-0.4, -0.2) is 35.5 Å². The standard InChI is InChI=1S/C23H27FN4O3S2/c1-13(2)20-22(29)19-16(10-15-12-32-23(25-15)14-8-6-5-7-9-14)18(27-33(4,30)31)11-17(24)21(19)28(3)26-20/h5-9,12-13,16-18,27H,10-11H2,1-4H3. The van der Waals surface area contributed by atoms with Crippen LogP contribution in [0.25, 0.3) is 10.6 Å². The number of halogens is 1. The van der Waals surface area contributed by atoms with Crippen LogP contribution in [0.15, 0.2) is 40.5 Å². The highest BCUT2D eigenvalue weighted by Crippen LogP contribution is 2.40. The number of hydrogen-bond donors (Lipinski definition) is 1. The number of sulfonamides is 1. The first-order valence-electron chi connectivity index (χ1n) is 10.8. The Morgan fingerprint density at radius 1 is 1.27 bits per heavy atom. The summed E-state index contributed by atoms with van der Waals surface area (Å²) in [5.41, 5.74) is 2.26. The highest BCUT2D eigenvalue weighted by atomic mass is 32.2. The van der Waals surface area contributed by atoms with E-state index in [4.69, 9.17) is 4.98 Å². The van der Waals surface area contributed by atoms with Crippen molar-refractivity contribution in [1.82, 2.24) is 19.5 Å². The second-order valence-electron chi connectivity index (χ2n) is 8.81. The summed E-state index contributed by atoms with van der Waals surface area (Å²) in [5, 5.41) is 7.08. The number of fused-ring (bicyclic) bond motifs is 1. The minimum Gasteiger partial charge on any atom is -0.287 e. The Balaban J connectivity index is 1.82. The Labute approximate surface area is 196 Å². The van der Waals surface area contributed by atoms with E-state index in [0.29, 0.717) is 17.7 Å². The molecule has 0 amide bonds.